The fourth-order valence-corrected chi connectivity index (χ4v) is 1.62. The first-order chi connectivity index (χ1) is 8.40. The van der Waals surface area contributed by atoms with Crippen LogP contribution in [0.15, 0.2) is 30.5 Å². The van der Waals surface area contributed by atoms with E-state index in [1.54, 1.807) is 13.1 Å². The summed E-state index contributed by atoms with van der Waals surface area (Å²) in [5, 5.41) is 8.99. The van der Waals surface area contributed by atoms with Gasteiger partial charge in [-0.2, -0.15) is 0 Å². The van der Waals surface area contributed by atoms with Crippen LogP contribution in [-0.4, -0.2) is 29.1 Å². The minimum atomic E-state index is -0.797. The number of aromatic nitrogens is 1. The molecule has 0 fully saturated rings. The Hall–Kier alpha value is -1.84. The van der Waals surface area contributed by atoms with Crippen LogP contribution < -0.4 is 4.90 Å². The molecule has 0 aliphatic heterocycles. The average molecular weight is 248 g/mol. The van der Waals surface area contributed by atoms with Crippen LogP contribution in [0.25, 0.3) is 0 Å². The third-order valence-electron chi connectivity index (χ3n) is 2.60. The monoisotopic (exact) mass is 248 g/mol. The van der Waals surface area contributed by atoms with Gasteiger partial charge in [0.1, 0.15) is 5.82 Å². The van der Waals surface area contributed by atoms with Crippen LogP contribution in [0, 0.1) is 12.8 Å². The fraction of sp³-hybridized carbons (Fsp3) is 0.429. The van der Waals surface area contributed by atoms with E-state index in [9.17, 15) is 4.79 Å². The second kappa shape index (κ2) is 6.19. The Morgan fingerprint density at radius 3 is 2.67 bits per heavy atom. The SMILES string of the molecule is C=C(C)CN(CC(C)C(=O)O)c1ccc(C)cn1. The Bertz CT molecular complexity index is 426. The lowest BCUT2D eigenvalue weighted by Gasteiger charge is -2.25. The zero-order chi connectivity index (χ0) is 13.7. The Labute approximate surface area is 108 Å². The molecule has 1 unspecified atom stereocenters. The summed E-state index contributed by atoms with van der Waals surface area (Å²) in [6.07, 6.45) is 1.78. The lowest BCUT2D eigenvalue weighted by atomic mass is 10.1. The maximum Gasteiger partial charge on any atom is 0.308 e. The topological polar surface area (TPSA) is 53.4 Å². The number of hydrogen-bond acceptors (Lipinski definition) is 3. The van der Waals surface area contributed by atoms with Crippen LogP contribution in [0.3, 0.4) is 0 Å². The van der Waals surface area contributed by atoms with Gasteiger partial charge in [0.15, 0.2) is 0 Å². The van der Waals surface area contributed by atoms with Crippen LogP contribution >= 0.6 is 0 Å². The minimum absolute atomic E-state index is 0.429. The highest BCUT2D eigenvalue weighted by molar-refractivity contribution is 5.70. The predicted molar refractivity (Wildman–Crippen MR) is 72.8 cm³/mol. The largest absolute Gasteiger partial charge is 0.481 e. The van der Waals surface area contributed by atoms with Gasteiger partial charge in [-0.05, 0) is 25.5 Å². The smallest absolute Gasteiger partial charge is 0.308 e. The highest BCUT2D eigenvalue weighted by Gasteiger charge is 2.17. The second-order valence-corrected chi connectivity index (χ2v) is 4.77. The molecule has 0 saturated heterocycles. The highest BCUT2D eigenvalue weighted by atomic mass is 16.4. The van der Waals surface area contributed by atoms with E-state index in [2.05, 4.69) is 11.6 Å². The van der Waals surface area contributed by atoms with Crippen LogP contribution in [0.4, 0.5) is 5.82 Å². The molecule has 1 rings (SSSR count). The molecule has 0 amide bonds. The summed E-state index contributed by atoms with van der Waals surface area (Å²) in [6, 6.07) is 3.88. The van der Waals surface area contributed by atoms with Gasteiger partial charge in [-0.25, -0.2) is 4.98 Å². The van der Waals surface area contributed by atoms with Gasteiger partial charge < -0.3 is 10.0 Å². The van der Waals surface area contributed by atoms with Crippen molar-refractivity contribution in [1.29, 1.82) is 0 Å². The summed E-state index contributed by atoms with van der Waals surface area (Å²) in [7, 11) is 0. The van der Waals surface area contributed by atoms with Crippen molar-refractivity contribution in [3.8, 4) is 0 Å². The number of carboxylic acid groups (broad SMARTS) is 1. The molecular formula is C14H20N2O2. The number of carboxylic acids is 1. The lowest BCUT2D eigenvalue weighted by Crippen LogP contribution is -2.33. The zero-order valence-electron chi connectivity index (χ0n) is 11.2. The Morgan fingerprint density at radius 2 is 2.22 bits per heavy atom. The predicted octanol–water partition coefficient (Wildman–Crippen LogP) is 2.49. The molecule has 0 bridgehead atoms. The standard InChI is InChI=1S/C14H20N2O2/c1-10(2)8-16(9-12(4)14(17)18)13-6-5-11(3)7-15-13/h5-7,12H,1,8-9H2,2-4H3,(H,17,18). The van der Waals surface area contributed by atoms with Crippen molar-refractivity contribution in [2.24, 2.45) is 5.92 Å². The van der Waals surface area contributed by atoms with Crippen LogP contribution in [0.2, 0.25) is 0 Å². The molecule has 4 heteroatoms. The van der Waals surface area contributed by atoms with E-state index in [4.69, 9.17) is 5.11 Å². The quantitative estimate of drug-likeness (QED) is 0.786. The van der Waals surface area contributed by atoms with Crippen LogP contribution in [-0.2, 0) is 4.79 Å². The summed E-state index contributed by atoms with van der Waals surface area (Å²) >= 11 is 0. The van der Waals surface area contributed by atoms with Gasteiger partial charge in [-0.1, -0.05) is 25.1 Å². The molecule has 0 saturated carbocycles. The molecule has 0 aliphatic rings. The van der Waals surface area contributed by atoms with E-state index in [1.165, 1.54) is 0 Å². The first kappa shape index (κ1) is 14.2. The van der Waals surface area contributed by atoms with E-state index >= 15 is 0 Å². The molecule has 0 aliphatic carbocycles. The molecule has 1 aromatic rings. The maximum absolute atomic E-state index is 10.9. The van der Waals surface area contributed by atoms with Crippen molar-refractivity contribution in [3.05, 3.63) is 36.0 Å². The van der Waals surface area contributed by atoms with Crippen LogP contribution in [0.1, 0.15) is 19.4 Å². The molecular weight excluding hydrogens is 228 g/mol. The van der Waals surface area contributed by atoms with Crippen molar-refractivity contribution < 1.29 is 9.90 Å². The molecule has 98 valence electrons. The first-order valence-corrected chi connectivity index (χ1v) is 5.95. The summed E-state index contributed by atoms with van der Waals surface area (Å²) in [6.45, 7) is 10.5. The van der Waals surface area contributed by atoms with Crippen molar-refractivity contribution in [2.45, 2.75) is 20.8 Å². The van der Waals surface area contributed by atoms with Gasteiger partial charge in [-0.3, -0.25) is 4.79 Å². The molecule has 1 heterocycles. The molecule has 1 aromatic heterocycles. The molecule has 1 atom stereocenters. The maximum atomic E-state index is 10.9. The third kappa shape index (κ3) is 4.20. The number of anilines is 1. The van der Waals surface area contributed by atoms with Crippen molar-refractivity contribution in [1.82, 2.24) is 4.98 Å². The third-order valence-corrected chi connectivity index (χ3v) is 2.60. The van der Waals surface area contributed by atoms with Crippen molar-refractivity contribution in [2.75, 3.05) is 18.0 Å². The summed E-state index contributed by atoms with van der Waals surface area (Å²) in [4.78, 5) is 17.2. The molecule has 0 aromatic carbocycles. The number of aryl methyl sites for hydroxylation is 1. The molecule has 4 nitrogen and oxygen atoms in total. The van der Waals surface area contributed by atoms with Gasteiger partial charge in [-0.15, -0.1) is 0 Å². The van der Waals surface area contributed by atoms with E-state index < -0.39 is 11.9 Å². The Balaban J connectivity index is 2.87. The number of aliphatic carboxylic acids is 1. The number of rotatable bonds is 6. The summed E-state index contributed by atoms with van der Waals surface area (Å²) in [5.74, 6) is -0.446. The molecule has 0 radical (unpaired) electrons. The van der Waals surface area contributed by atoms with Crippen molar-refractivity contribution in [3.63, 3.8) is 0 Å². The van der Waals surface area contributed by atoms with E-state index in [0.29, 0.717) is 13.1 Å². The number of pyridine rings is 1. The number of nitrogens with zero attached hydrogens (tertiary/aromatic N) is 2. The zero-order valence-corrected chi connectivity index (χ0v) is 11.2. The van der Waals surface area contributed by atoms with E-state index in [0.717, 1.165) is 17.0 Å². The minimum Gasteiger partial charge on any atom is -0.481 e. The van der Waals surface area contributed by atoms with E-state index in [-0.39, 0.29) is 0 Å². The van der Waals surface area contributed by atoms with Crippen molar-refractivity contribution >= 4 is 11.8 Å². The van der Waals surface area contributed by atoms with Gasteiger partial charge in [0.25, 0.3) is 0 Å². The first-order valence-electron chi connectivity index (χ1n) is 5.95. The van der Waals surface area contributed by atoms with Crippen LogP contribution in [0.5, 0.6) is 0 Å². The Morgan fingerprint density at radius 1 is 1.56 bits per heavy atom. The highest BCUT2D eigenvalue weighted by Crippen LogP contribution is 2.14. The van der Waals surface area contributed by atoms with E-state index in [1.807, 2.05) is 30.9 Å². The molecule has 1 N–H and O–H groups in total. The fourth-order valence-electron chi connectivity index (χ4n) is 1.62. The lowest BCUT2D eigenvalue weighted by molar-refractivity contribution is -0.140. The van der Waals surface area contributed by atoms with Gasteiger partial charge in [0, 0.05) is 19.3 Å². The van der Waals surface area contributed by atoms with Gasteiger partial charge in [0.2, 0.25) is 0 Å². The summed E-state index contributed by atoms with van der Waals surface area (Å²) in [5.41, 5.74) is 2.07. The Kier molecular flexibility index (Phi) is 4.89. The molecule has 18 heavy (non-hydrogen) atoms. The van der Waals surface area contributed by atoms with Gasteiger partial charge >= 0.3 is 5.97 Å². The normalized spacial score (nSPS) is 11.9. The van der Waals surface area contributed by atoms with Gasteiger partial charge in [0.05, 0.1) is 5.92 Å². The second-order valence-electron chi connectivity index (χ2n) is 4.77. The number of carbonyl (C=O) groups is 1. The molecule has 0 spiro atoms. The summed E-state index contributed by atoms with van der Waals surface area (Å²) < 4.78 is 0. The average Bonchev–Trinajstić information content (AvgIpc) is 2.28. The number of hydrogen-bond donors (Lipinski definition) is 1.